The van der Waals surface area contributed by atoms with Crippen LogP contribution < -0.4 is 10.0 Å². The second-order valence-electron chi connectivity index (χ2n) is 8.92. The maximum absolute atomic E-state index is 13.4. The van der Waals surface area contributed by atoms with Gasteiger partial charge in [0.1, 0.15) is 12.8 Å². The number of quaternary nitrogens is 1. The molecule has 0 aromatic rings. The van der Waals surface area contributed by atoms with E-state index in [0.717, 1.165) is 32.2 Å². The van der Waals surface area contributed by atoms with Crippen molar-refractivity contribution < 1.29 is 29.0 Å². The summed E-state index contributed by atoms with van der Waals surface area (Å²) in [5, 5.41) is 13.3. The quantitative estimate of drug-likeness (QED) is 0.631. The molecule has 11 atom stereocenters. The van der Waals surface area contributed by atoms with Crippen molar-refractivity contribution in [3.63, 3.8) is 0 Å². The summed E-state index contributed by atoms with van der Waals surface area (Å²) in [7, 11) is 3.81. The van der Waals surface area contributed by atoms with E-state index in [2.05, 4.69) is 7.05 Å². The molecule has 2 heterocycles. The Morgan fingerprint density at radius 3 is 2.68 bits per heavy atom. The van der Waals surface area contributed by atoms with Gasteiger partial charge in [-0.1, -0.05) is 6.10 Å². The third kappa shape index (κ3) is 2.31. The van der Waals surface area contributed by atoms with E-state index in [4.69, 9.17) is 14.2 Å². The largest absolute Gasteiger partial charge is 0.850 e. The lowest BCUT2D eigenvalue weighted by Gasteiger charge is -2.61. The molecule has 6 nitrogen and oxygen atoms in total. The lowest BCUT2D eigenvalue weighted by molar-refractivity contribution is -0.910. The summed E-state index contributed by atoms with van der Waals surface area (Å²) in [5.74, 6) is 1.23. The normalized spacial score (nSPS) is 57.6. The van der Waals surface area contributed by atoms with Gasteiger partial charge in [0, 0.05) is 25.0 Å². The van der Waals surface area contributed by atoms with Crippen LogP contribution in [0.4, 0.5) is 0 Å². The first kappa shape index (κ1) is 16.6. The molecule has 5 aliphatic rings. The second-order valence-corrected chi connectivity index (χ2v) is 8.92. The molecule has 0 spiro atoms. The van der Waals surface area contributed by atoms with Crippen molar-refractivity contribution in [1.29, 1.82) is 0 Å². The van der Waals surface area contributed by atoms with Crippen LogP contribution in [0.3, 0.4) is 0 Å². The Hall–Kier alpha value is -0.530. The van der Waals surface area contributed by atoms with Gasteiger partial charge in [0.05, 0.1) is 25.8 Å². The van der Waals surface area contributed by atoms with Crippen molar-refractivity contribution in [1.82, 2.24) is 0 Å². The van der Waals surface area contributed by atoms with Crippen LogP contribution in [0.5, 0.6) is 0 Å². The number of likely N-dealkylation sites (N-methyl/N-ethyl adjacent to an activating group) is 1. The van der Waals surface area contributed by atoms with Gasteiger partial charge in [-0.3, -0.25) is 4.79 Å². The fraction of sp³-hybridized carbons (Fsp3) is 0.947. The summed E-state index contributed by atoms with van der Waals surface area (Å²) in [6.45, 7) is 1.35. The molecule has 5 fully saturated rings. The third-order valence-electron chi connectivity index (χ3n) is 8.05. The smallest absolute Gasteiger partial charge is 0.193 e. The van der Waals surface area contributed by atoms with Crippen LogP contribution in [-0.2, 0) is 19.0 Å². The van der Waals surface area contributed by atoms with E-state index in [-0.39, 0.29) is 48.0 Å². The molecule has 2 aliphatic heterocycles. The average molecular weight is 351 g/mol. The highest BCUT2D eigenvalue weighted by Gasteiger charge is 2.62. The number of nitrogens with one attached hydrogen (secondary N) is 1. The Bertz CT molecular complexity index is 556. The molecule has 2 saturated heterocycles. The van der Waals surface area contributed by atoms with E-state index >= 15 is 0 Å². The summed E-state index contributed by atoms with van der Waals surface area (Å²) in [6.07, 6.45) is 2.63. The van der Waals surface area contributed by atoms with Gasteiger partial charge < -0.3 is 24.2 Å². The topological polar surface area (TPSA) is 72.3 Å². The SMILES string of the molecule is COC1CC2CC[NH+](C)C3C(=O)C4CC5OCOC5CC4C(C1[O-])C23. The molecule has 1 N–H and O–H groups in total. The molecule has 11 unspecified atom stereocenters. The molecule has 0 radical (unpaired) electrons. The second kappa shape index (κ2) is 5.99. The number of methoxy groups -OCH3 is 1. The minimum absolute atomic E-state index is 0.00173. The maximum atomic E-state index is 13.4. The Balaban J connectivity index is 1.54. The molecule has 0 aromatic carbocycles. The zero-order valence-corrected chi connectivity index (χ0v) is 15.1. The fourth-order valence-electron chi connectivity index (χ4n) is 6.97. The number of likely N-dealkylation sites (tertiary alicyclic amines) is 1. The first-order valence-corrected chi connectivity index (χ1v) is 9.88. The predicted octanol–water partition coefficient (Wildman–Crippen LogP) is -1.38. The molecular formula is C19H29NO5. The lowest BCUT2D eigenvalue weighted by atomic mass is 9.50. The van der Waals surface area contributed by atoms with Gasteiger partial charge in [0.2, 0.25) is 0 Å². The van der Waals surface area contributed by atoms with E-state index in [1.165, 1.54) is 4.90 Å². The molecule has 5 rings (SSSR count). The van der Waals surface area contributed by atoms with Gasteiger partial charge in [-0.25, -0.2) is 0 Å². The van der Waals surface area contributed by atoms with Crippen molar-refractivity contribution in [3.8, 4) is 0 Å². The highest BCUT2D eigenvalue weighted by Crippen LogP contribution is 2.53. The Morgan fingerprint density at radius 2 is 1.92 bits per heavy atom. The highest BCUT2D eigenvalue weighted by molar-refractivity contribution is 5.87. The van der Waals surface area contributed by atoms with Crippen molar-refractivity contribution in [2.45, 2.75) is 56.1 Å². The van der Waals surface area contributed by atoms with Gasteiger partial charge >= 0.3 is 0 Å². The standard InChI is InChI=1S/C19H28NO5/c1-20-4-3-9-5-14(23-2)19(22)16-10-6-12-13(25-8-24-12)7-11(10)18(21)17(20)15(9)16/h9-17,19H,3-8H2,1-2H3/q-1/p+1. The van der Waals surface area contributed by atoms with Crippen LogP contribution in [0, 0.1) is 29.6 Å². The molecule has 0 bridgehead atoms. The predicted molar refractivity (Wildman–Crippen MR) is 85.7 cm³/mol. The molecular weight excluding hydrogens is 322 g/mol. The van der Waals surface area contributed by atoms with E-state index in [0.29, 0.717) is 18.5 Å². The minimum atomic E-state index is -0.723. The van der Waals surface area contributed by atoms with Gasteiger partial charge in [-0.05, 0) is 43.4 Å². The van der Waals surface area contributed by atoms with E-state index in [1.807, 2.05) is 0 Å². The number of piperidine rings is 1. The van der Waals surface area contributed by atoms with Crippen molar-refractivity contribution >= 4 is 5.78 Å². The molecule has 6 heteroatoms. The number of carbonyl (C=O) groups is 1. The van der Waals surface area contributed by atoms with Gasteiger partial charge in [0.15, 0.2) is 5.78 Å². The van der Waals surface area contributed by atoms with Gasteiger partial charge in [-0.15, -0.1) is 0 Å². The average Bonchev–Trinajstić information content (AvgIpc) is 3.07. The summed E-state index contributed by atoms with van der Waals surface area (Å²) in [6, 6.07) is -0.00173. The zero-order valence-electron chi connectivity index (χ0n) is 15.1. The van der Waals surface area contributed by atoms with Crippen LogP contribution in [0.15, 0.2) is 0 Å². The molecule has 3 saturated carbocycles. The maximum Gasteiger partial charge on any atom is 0.193 e. The molecule has 140 valence electrons. The van der Waals surface area contributed by atoms with Gasteiger partial charge in [-0.2, -0.15) is 0 Å². The number of ether oxygens (including phenoxy) is 3. The Labute approximate surface area is 148 Å². The fourth-order valence-corrected chi connectivity index (χ4v) is 6.97. The van der Waals surface area contributed by atoms with E-state index in [9.17, 15) is 9.90 Å². The van der Waals surface area contributed by atoms with Crippen molar-refractivity contribution in [2.24, 2.45) is 29.6 Å². The third-order valence-corrected chi connectivity index (χ3v) is 8.05. The summed E-state index contributed by atoms with van der Waals surface area (Å²) in [5.41, 5.74) is 0. The summed E-state index contributed by atoms with van der Waals surface area (Å²) >= 11 is 0. The van der Waals surface area contributed by atoms with Gasteiger partial charge in [0.25, 0.3) is 0 Å². The molecule has 3 aliphatic carbocycles. The highest BCUT2D eigenvalue weighted by atomic mass is 16.7. The molecule has 0 aromatic heterocycles. The number of Topliss-reactive ketones (excluding diaryl/α,β-unsaturated/α-hetero) is 1. The number of hydrogen-bond donors (Lipinski definition) is 1. The lowest BCUT2D eigenvalue weighted by Crippen LogP contribution is -3.17. The number of hydrogen-bond acceptors (Lipinski definition) is 5. The number of rotatable bonds is 1. The number of carbonyl (C=O) groups excluding carboxylic acids is 1. The van der Waals surface area contributed by atoms with E-state index in [1.54, 1.807) is 7.11 Å². The first-order valence-electron chi connectivity index (χ1n) is 9.88. The van der Waals surface area contributed by atoms with Crippen molar-refractivity contribution in [2.75, 3.05) is 27.5 Å². The monoisotopic (exact) mass is 351 g/mol. The number of fused-ring (bicyclic) bond motifs is 3. The summed E-state index contributed by atoms with van der Waals surface area (Å²) in [4.78, 5) is 14.7. The van der Waals surface area contributed by atoms with Crippen LogP contribution in [0.2, 0.25) is 0 Å². The Morgan fingerprint density at radius 1 is 1.16 bits per heavy atom. The van der Waals surface area contributed by atoms with Crippen LogP contribution >= 0.6 is 0 Å². The van der Waals surface area contributed by atoms with Crippen molar-refractivity contribution in [3.05, 3.63) is 0 Å². The zero-order chi connectivity index (χ0) is 17.3. The van der Waals surface area contributed by atoms with Crippen LogP contribution in [-0.4, -0.2) is 63.7 Å². The Kier molecular flexibility index (Phi) is 3.99. The minimum Gasteiger partial charge on any atom is -0.850 e. The van der Waals surface area contributed by atoms with Crippen LogP contribution in [0.1, 0.15) is 25.7 Å². The molecule has 0 amide bonds. The van der Waals surface area contributed by atoms with Crippen LogP contribution in [0.25, 0.3) is 0 Å². The number of ketones is 1. The molecule has 25 heavy (non-hydrogen) atoms. The van der Waals surface area contributed by atoms with E-state index < -0.39 is 6.10 Å². The summed E-state index contributed by atoms with van der Waals surface area (Å²) < 4.78 is 17.1. The first-order chi connectivity index (χ1) is 12.1.